The number of aromatic nitrogens is 2. The first-order chi connectivity index (χ1) is 8.11. The van der Waals surface area contributed by atoms with Gasteiger partial charge in [0.05, 0.1) is 5.00 Å². The number of aryl methyl sites for hydroxylation is 1. The minimum Gasteiger partial charge on any atom is -0.477 e. The van der Waals surface area contributed by atoms with Crippen molar-refractivity contribution in [3.05, 3.63) is 35.1 Å². The average Bonchev–Trinajstić information content (AvgIpc) is 2.74. The quantitative estimate of drug-likeness (QED) is 0.904. The number of hydrogen-bond donors (Lipinski definition) is 1. The van der Waals surface area contributed by atoms with E-state index in [1.165, 1.54) is 12.5 Å². The summed E-state index contributed by atoms with van der Waals surface area (Å²) in [7, 11) is 1.80. The number of carboxylic acids is 1. The molecule has 0 aromatic carbocycles. The van der Waals surface area contributed by atoms with Gasteiger partial charge in [-0.05, 0) is 23.9 Å². The summed E-state index contributed by atoms with van der Waals surface area (Å²) >= 11 is 1.55. The van der Waals surface area contributed by atoms with Gasteiger partial charge in [-0.2, -0.15) is 0 Å². The predicted octanol–water partition coefficient (Wildman–Crippen LogP) is 2.31. The zero-order chi connectivity index (χ0) is 12.4. The highest BCUT2D eigenvalue weighted by atomic mass is 32.1. The fourth-order valence-electron chi connectivity index (χ4n) is 1.55. The second kappa shape index (κ2) is 4.50. The van der Waals surface area contributed by atoms with E-state index in [0.29, 0.717) is 5.82 Å². The van der Waals surface area contributed by atoms with Gasteiger partial charge in [-0.1, -0.05) is 0 Å². The van der Waals surface area contributed by atoms with Crippen LogP contribution in [0.25, 0.3) is 0 Å². The van der Waals surface area contributed by atoms with Gasteiger partial charge in [0, 0.05) is 13.2 Å². The SMILES string of the molecule is Cc1ccsc1N(C)c1ncncc1C(=O)O. The molecule has 0 unspecified atom stereocenters. The molecule has 0 atom stereocenters. The number of thiophene rings is 1. The summed E-state index contributed by atoms with van der Waals surface area (Å²) in [6.07, 6.45) is 2.66. The Hall–Kier alpha value is -1.95. The number of aromatic carboxylic acids is 1. The Labute approximate surface area is 102 Å². The number of rotatable bonds is 3. The summed E-state index contributed by atoms with van der Waals surface area (Å²) in [5.41, 5.74) is 1.19. The molecular formula is C11H11N3O2S. The Kier molecular flexibility index (Phi) is 3.06. The van der Waals surface area contributed by atoms with Crippen LogP contribution in [-0.4, -0.2) is 28.1 Å². The van der Waals surface area contributed by atoms with E-state index in [2.05, 4.69) is 9.97 Å². The lowest BCUT2D eigenvalue weighted by Crippen LogP contribution is -2.15. The van der Waals surface area contributed by atoms with Crippen LogP contribution in [0.2, 0.25) is 0 Å². The Bertz CT molecular complexity index is 553. The van der Waals surface area contributed by atoms with E-state index in [9.17, 15) is 4.79 Å². The van der Waals surface area contributed by atoms with Gasteiger partial charge in [0.1, 0.15) is 11.9 Å². The minimum atomic E-state index is -1.03. The fourth-order valence-corrected chi connectivity index (χ4v) is 2.45. The first-order valence-corrected chi connectivity index (χ1v) is 5.80. The van der Waals surface area contributed by atoms with Gasteiger partial charge in [0.25, 0.3) is 0 Å². The van der Waals surface area contributed by atoms with Crippen LogP contribution in [0, 0.1) is 6.92 Å². The molecule has 0 saturated carbocycles. The van der Waals surface area contributed by atoms with E-state index < -0.39 is 5.97 Å². The third-order valence-electron chi connectivity index (χ3n) is 2.38. The normalized spacial score (nSPS) is 10.2. The smallest absolute Gasteiger partial charge is 0.341 e. The largest absolute Gasteiger partial charge is 0.477 e. The number of anilines is 2. The molecule has 0 amide bonds. The van der Waals surface area contributed by atoms with Gasteiger partial charge >= 0.3 is 5.97 Å². The van der Waals surface area contributed by atoms with Crippen molar-refractivity contribution in [3.63, 3.8) is 0 Å². The molecule has 2 aromatic heterocycles. The first-order valence-electron chi connectivity index (χ1n) is 4.92. The molecule has 0 bridgehead atoms. The number of hydrogen-bond acceptors (Lipinski definition) is 5. The molecule has 0 saturated heterocycles. The summed E-state index contributed by atoms with van der Waals surface area (Å²) in [6.45, 7) is 1.98. The van der Waals surface area contributed by atoms with Crippen LogP contribution < -0.4 is 4.90 Å². The third kappa shape index (κ3) is 2.12. The van der Waals surface area contributed by atoms with Crippen molar-refractivity contribution in [3.8, 4) is 0 Å². The molecule has 2 rings (SSSR count). The van der Waals surface area contributed by atoms with Crippen LogP contribution in [0.1, 0.15) is 15.9 Å². The van der Waals surface area contributed by atoms with Crippen LogP contribution in [0.3, 0.4) is 0 Å². The van der Waals surface area contributed by atoms with Gasteiger partial charge in [-0.15, -0.1) is 11.3 Å². The van der Waals surface area contributed by atoms with Crippen molar-refractivity contribution in [1.29, 1.82) is 0 Å². The Morgan fingerprint density at radius 3 is 2.88 bits per heavy atom. The summed E-state index contributed by atoms with van der Waals surface area (Å²) in [5, 5.41) is 12.0. The Balaban J connectivity index is 2.48. The zero-order valence-corrected chi connectivity index (χ0v) is 10.2. The summed E-state index contributed by atoms with van der Waals surface area (Å²) in [6, 6.07) is 1.98. The van der Waals surface area contributed by atoms with Crippen LogP contribution in [0.15, 0.2) is 24.0 Å². The summed E-state index contributed by atoms with van der Waals surface area (Å²) in [5.74, 6) is -0.625. The molecule has 1 N–H and O–H groups in total. The van der Waals surface area contributed by atoms with E-state index in [1.54, 1.807) is 23.3 Å². The van der Waals surface area contributed by atoms with Crippen LogP contribution in [0.5, 0.6) is 0 Å². The topological polar surface area (TPSA) is 66.3 Å². The Morgan fingerprint density at radius 2 is 2.29 bits per heavy atom. The fraction of sp³-hybridized carbons (Fsp3) is 0.182. The Morgan fingerprint density at radius 1 is 1.53 bits per heavy atom. The maximum absolute atomic E-state index is 11.1. The minimum absolute atomic E-state index is 0.0998. The van der Waals surface area contributed by atoms with Gasteiger partial charge in [-0.3, -0.25) is 0 Å². The number of carbonyl (C=O) groups is 1. The number of carboxylic acid groups (broad SMARTS) is 1. The molecule has 0 fully saturated rings. The third-order valence-corrected chi connectivity index (χ3v) is 3.47. The molecule has 0 aliphatic rings. The molecule has 6 heteroatoms. The molecule has 5 nitrogen and oxygen atoms in total. The summed E-state index contributed by atoms with van der Waals surface area (Å²) in [4.78, 5) is 20.6. The van der Waals surface area contributed by atoms with Crippen LogP contribution in [0.4, 0.5) is 10.8 Å². The lowest BCUT2D eigenvalue weighted by atomic mass is 10.3. The van der Waals surface area contributed by atoms with Crippen molar-refractivity contribution in [2.75, 3.05) is 11.9 Å². The maximum Gasteiger partial charge on any atom is 0.341 e. The predicted molar refractivity (Wildman–Crippen MR) is 66.1 cm³/mol. The number of nitrogens with zero attached hydrogens (tertiary/aromatic N) is 3. The van der Waals surface area contributed by atoms with Gasteiger partial charge < -0.3 is 10.0 Å². The van der Waals surface area contributed by atoms with E-state index >= 15 is 0 Å². The highest BCUT2D eigenvalue weighted by Gasteiger charge is 2.17. The van der Waals surface area contributed by atoms with E-state index in [4.69, 9.17) is 5.11 Å². The van der Waals surface area contributed by atoms with Crippen LogP contribution in [-0.2, 0) is 0 Å². The highest BCUT2D eigenvalue weighted by Crippen LogP contribution is 2.31. The van der Waals surface area contributed by atoms with Crippen molar-refractivity contribution >= 4 is 28.1 Å². The van der Waals surface area contributed by atoms with Gasteiger partial charge in [0.2, 0.25) is 0 Å². The average molecular weight is 249 g/mol. The van der Waals surface area contributed by atoms with E-state index in [1.807, 2.05) is 18.4 Å². The highest BCUT2D eigenvalue weighted by molar-refractivity contribution is 7.14. The first kappa shape index (κ1) is 11.5. The molecule has 0 spiro atoms. The molecule has 2 heterocycles. The molecule has 0 aliphatic heterocycles. The molecule has 0 radical (unpaired) electrons. The molecule has 17 heavy (non-hydrogen) atoms. The monoisotopic (exact) mass is 249 g/mol. The maximum atomic E-state index is 11.1. The van der Waals surface area contributed by atoms with E-state index in [0.717, 1.165) is 10.6 Å². The van der Waals surface area contributed by atoms with Crippen molar-refractivity contribution in [2.24, 2.45) is 0 Å². The van der Waals surface area contributed by atoms with Gasteiger partial charge in [0.15, 0.2) is 5.82 Å². The van der Waals surface area contributed by atoms with Crippen molar-refractivity contribution < 1.29 is 9.90 Å². The zero-order valence-electron chi connectivity index (χ0n) is 9.41. The van der Waals surface area contributed by atoms with Crippen LogP contribution >= 0.6 is 11.3 Å². The van der Waals surface area contributed by atoms with Gasteiger partial charge in [-0.25, -0.2) is 14.8 Å². The molecule has 0 aliphatic carbocycles. The lowest BCUT2D eigenvalue weighted by Gasteiger charge is -2.18. The lowest BCUT2D eigenvalue weighted by molar-refractivity contribution is 0.0697. The molecule has 2 aromatic rings. The molecular weight excluding hydrogens is 238 g/mol. The van der Waals surface area contributed by atoms with E-state index in [-0.39, 0.29) is 5.56 Å². The molecule has 88 valence electrons. The second-order valence-electron chi connectivity index (χ2n) is 3.53. The second-order valence-corrected chi connectivity index (χ2v) is 4.43. The standard InChI is InChI=1S/C11H11N3O2S/c1-7-3-4-17-10(7)14(2)9-8(11(15)16)5-12-6-13-9/h3-6H,1-2H3,(H,15,16). The van der Waals surface area contributed by atoms with Crippen molar-refractivity contribution in [1.82, 2.24) is 9.97 Å². The summed E-state index contributed by atoms with van der Waals surface area (Å²) < 4.78 is 0. The van der Waals surface area contributed by atoms with Crippen molar-refractivity contribution in [2.45, 2.75) is 6.92 Å².